The van der Waals surface area contributed by atoms with E-state index < -0.39 is 22.8 Å². The summed E-state index contributed by atoms with van der Waals surface area (Å²) in [6.45, 7) is 0.401. The molecule has 0 fully saturated rings. The molecule has 0 aliphatic carbocycles. The van der Waals surface area contributed by atoms with Crippen LogP contribution in [0.1, 0.15) is 39.2 Å². The quantitative estimate of drug-likeness (QED) is 0.416. The Labute approximate surface area is 179 Å². The van der Waals surface area contributed by atoms with Gasteiger partial charge in [-0.25, -0.2) is 4.79 Å². The molecule has 3 heterocycles. The van der Waals surface area contributed by atoms with Crippen LogP contribution in [0.5, 0.6) is 28.7 Å². The molecule has 3 atom stereocenters. The van der Waals surface area contributed by atoms with Gasteiger partial charge in [0.1, 0.15) is 5.56 Å². The standard InChI is InChI=1S/C22H23NO8/c1-23(25)8-7-11-9-14-20(30-10-29-14)21(28-4)15(11)17(23)18-12-5-6-13(26-2)19(27-3)16(12)22(24)31-18/h5-6,9,17-18H,7-8,10H2,1-4H3. The van der Waals surface area contributed by atoms with Crippen LogP contribution in [0.15, 0.2) is 18.2 Å². The molecule has 31 heavy (non-hydrogen) atoms. The molecule has 9 nitrogen and oxygen atoms in total. The fourth-order valence-corrected chi connectivity index (χ4v) is 4.87. The van der Waals surface area contributed by atoms with Crippen molar-refractivity contribution in [1.29, 1.82) is 0 Å². The molecule has 0 aromatic heterocycles. The Balaban J connectivity index is 1.72. The minimum Gasteiger partial charge on any atom is -0.632 e. The van der Waals surface area contributed by atoms with E-state index in [0.29, 0.717) is 52.8 Å². The van der Waals surface area contributed by atoms with Crippen molar-refractivity contribution in [2.24, 2.45) is 0 Å². The van der Waals surface area contributed by atoms with Crippen molar-refractivity contribution in [3.8, 4) is 28.7 Å². The van der Waals surface area contributed by atoms with E-state index in [1.54, 1.807) is 19.2 Å². The number of esters is 1. The van der Waals surface area contributed by atoms with Gasteiger partial charge in [-0.1, -0.05) is 6.07 Å². The summed E-state index contributed by atoms with van der Waals surface area (Å²) in [5.41, 5.74) is 2.46. The van der Waals surface area contributed by atoms with Gasteiger partial charge in [0.15, 0.2) is 35.1 Å². The number of quaternary nitrogens is 1. The molecule has 0 N–H and O–H groups in total. The van der Waals surface area contributed by atoms with E-state index in [2.05, 4.69) is 0 Å². The van der Waals surface area contributed by atoms with E-state index in [1.807, 2.05) is 6.07 Å². The molecule has 2 aromatic carbocycles. The molecule has 3 unspecified atom stereocenters. The van der Waals surface area contributed by atoms with Gasteiger partial charge >= 0.3 is 5.97 Å². The molecule has 9 heteroatoms. The number of hydrogen-bond donors (Lipinski definition) is 0. The summed E-state index contributed by atoms with van der Waals surface area (Å²) >= 11 is 0. The van der Waals surface area contributed by atoms with Crippen molar-refractivity contribution in [3.63, 3.8) is 0 Å². The van der Waals surface area contributed by atoms with Crippen LogP contribution in [0.2, 0.25) is 0 Å². The Kier molecular flexibility index (Phi) is 4.42. The van der Waals surface area contributed by atoms with Gasteiger partial charge < -0.3 is 38.3 Å². The van der Waals surface area contributed by atoms with Gasteiger partial charge in [-0.15, -0.1) is 0 Å². The summed E-state index contributed by atoms with van der Waals surface area (Å²) < 4.78 is 32.8. The van der Waals surface area contributed by atoms with Crippen molar-refractivity contribution in [1.82, 2.24) is 0 Å². The molecule has 0 saturated carbocycles. The SMILES string of the molecule is COc1ccc2c(c1OC)C(=O)OC2C1c2c(cc3c(c2OC)OCO3)CC[N+]1(C)[O-]. The maximum atomic E-state index is 13.7. The third kappa shape index (κ3) is 2.73. The third-order valence-electron chi connectivity index (χ3n) is 6.27. The van der Waals surface area contributed by atoms with Crippen LogP contribution in [0.3, 0.4) is 0 Å². The summed E-state index contributed by atoms with van der Waals surface area (Å²) in [6.07, 6.45) is -0.281. The van der Waals surface area contributed by atoms with Crippen LogP contribution in [-0.2, 0) is 11.2 Å². The van der Waals surface area contributed by atoms with Crippen molar-refractivity contribution in [2.45, 2.75) is 18.6 Å². The van der Waals surface area contributed by atoms with E-state index in [-0.39, 0.29) is 12.4 Å². The molecule has 0 spiro atoms. The summed E-state index contributed by atoms with van der Waals surface area (Å²) in [4.78, 5) is 12.9. The topological polar surface area (TPSA) is 95.5 Å². The number of carbonyl (C=O) groups is 1. The fourth-order valence-electron chi connectivity index (χ4n) is 4.87. The Morgan fingerprint density at radius 3 is 2.58 bits per heavy atom. The number of fused-ring (bicyclic) bond motifs is 3. The lowest BCUT2D eigenvalue weighted by Crippen LogP contribution is -2.48. The van der Waals surface area contributed by atoms with Crippen LogP contribution < -0.4 is 23.7 Å². The number of rotatable bonds is 4. The molecule has 3 aliphatic heterocycles. The first-order valence-electron chi connectivity index (χ1n) is 9.92. The Morgan fingerprint density at radius 2 is 1.87 bits per heavy atom. The van der Waals surface area contributed by atoms with Gasteiger partial charge in [-0.05, 0) is 17.7 Å². The third-order valence-corrected chi connectivity index (χ3v) is 6.27. The Hall–Kier alpha value is -3.17. The zero-order valence-electron chi connectivity index (χ0n) is 17.7. The first kappa shape index (κ1) is 19.8. The van der Waals surface area contributed by atoms with Crippen molar-refractivity contribution >= 4 is 5.97 Å². The molecular formula is C22H23NO8. The minimum absolute atomic E-state index is 0.0843. The number of ether oxygens (including phenoxy) is 6. The second kappa shape index (κ2) is 6.93. The smallest absolute Gasteiger partial charge is 0.343 e. The highest BCUT2D eigenvalue weighted by atomic mass is 16.7. The molecule has 5 rings (SSSR count). The first-order chi connectivity index (χ1) is 14.9. The van der Waals surface area contributed by atoms with E-state index >= 15 is 0 Å². The fraction of sp³-hybridized carbons (Fsp3) is 0.409. The Morgan fingerprint density at radius 1 is 1.10 bits per heavy atom. The summed E-state index contributed by atoms with van der Waals surface area (Å²) in [5.74, 6) is 1.66. The van der Waals surface area contributed by atoms with Gasteiger partial charge in [-0.3, -0.25) is 0 Å². The van der Waals surface area contributed by atoms with E-state index in [1.165, 1.54) is 21.3 Å². The molecule has 0 bridgehead atoms. The maximum Gasteiger partial charge on any atom is 0.343 e. The van der Waals surface area contributed by atoms with Gasteiger partial charge in [0.25, 0.3) is 0 Å². The van der Waals surface area contributed by atoms with Crippen LogP contribution in [0, 0.1) is 5.21 Å². The zero-order chi connectivity index (χ0) is 21.9. The van der Waals surface area contributed by atoms with Crippen LogP contribution >= 0.6 is 0 Å². The van der Waals surface area contributed by atoms with Crippen molar-refractivity contribution < 1.29 is 37.9 Å². The van der Waals surface area contributed by atoms with E-state index in [0.717, 1.165) is 5.56 Å². The average molecular weight is 429 g/mol. The van der Waals surface area contributed by atoms with Crippen LogP contribution in [0.4, 0.5) is 0 Å². The summed E-state index contributed by atoms with van der Waals surface area (Å²) in [7, 11) is 6.08. The Bertz CT molecular complexity index is 1080. The van der Waals surface area contributed by atoms with Crippen molar-refractivity contribution in [2.75, 3.05) is 41.7 Å². The second-order valence-corrected chi connectivity index (χ2v) is 7.90. The van der Waals surface area contributed by atoms with Crippen LogP contribution in [-0.4, -0.2) is 52.3 Å². The number of hydroxylamine groups is 3. The van der Waals surface area contributed by atoms with Gasteiger partial charge in [0, 0.05) is 12.0 Å². The van der Waals surface area contributed by atoms with Crippen LogP contribution in [0.25, 0.3) is 0 Å². The monoisotopic (exact) mass is 429 g/mol. The number of likely N-dealkylation sites (N-methyl/N-ethyl adjacent to an activating group) is 1. The molecular weight excluding hydrogens is 406 g/mol. The average Bonchev–Trinajstić information content (AvgIpc) is 3.35. The second-order valence-electron chi connectivity index (χ2n) is 7.90. The molecule has 0 amide bonds. The molecule has 2 aromatic rings. The summed E-state index contributed by atoms with van der Waals surface area (Å²) in [5, 5.41) is 13.7. The number of carbonyl (C=O) groups excluding carboxylic acids is 1. The lowest BCUT2D eigenvalue weighted by atomic mass is 9.85. The predicted molar refractivity (Wildman–Crippen MR) is 108 cm³/mol. The van der Waals surface area contributed by atoms with Gasteiger partial charge in [-0.2, -0.15) is 0 Å². The van der Waals surface area contributed by atoms with Gasteiger partial charge in [0.2, 0.25) is 12.5 Å². The lowest BCUT2D eigenvalue weighted by Gasteiger charge is -2.50. The van der Waals surface area contributed by atoms with E-state index in [9.17, 15) is 10.0 Å². The normalized spacial score (nSPS) is 25.5. The largest absolute Gasteiger partial charge is 0.632 e. The molecule has 0 saturated heterocycles. The molecule has 3 aliphatic rings. The summed E-state index contributed by atoms with van der Waals surface area (Å²) in [6, 6.07) is 4.59. The highest BCUT2D eigenvalue weighted by molar-refractivity contribution is 5.98. The van der Waals surface area contributed by atoms with Gasteiger partial charge in [0.05, 0.1) is 40.5 Å². The highest BCUT2D eigenvalue weighted by Crippen LogP contribution is 2.56. The zero-order valence-corrected chi connectivity index (χ0v) is 17.7. The minimum atomic E-state index is -0.821. The number of methoxy groups -OCH3 is 3. The number of nitrogens with zero attached hydrogens (tertiary/aromatic N) is 1. The highest BCUT2D eigenvalue weighted by Gasteiger charge is 2.50. The van der Waals surface area contributed by atoms with E-state index in [4.69, 9.17) is 28.4 Å². The van der Waals surface area contributed by atoms with Crippen molar-refractivity contribution in [3.05, 3.63) is 45.7 Å². The predicted octanol–water partition coefficient (Wildman–Crippen LogP) is 2.89. The molecule has 164 valence electrons. The number of hydrogen-bond acceptors (Lipinski definition) is 8. The number of benzene rings is 2. The first-order valence-corrected chi connectivity index (χ1v) is 9.92. The maximum absolute atomic E-state index is 13.7. The lowest BCUT2D eigenvalue weighted by molar-refractivity contribution is -0.899. The number of cyclic esters (lactones) is 1. The molecule has 0 radical (unpaired) electrons.